The zero-order chi connectivity index (χ0) is 15.0. The van der Waals surface area contributed by atoms with Gasteiger partial charge in [-0.2, -0.15) is 0 Å². The van der Waals surface area contributed by atoms with Crippen molar-refractivity contribution in [2.75, 3.05) is 19.6 Å². The van der Waals surface area contributed by atoms with E-state index in [1.54, 1.807) is 6.07 Å². The summed E-state index contributed by atoms with van der Waals surface area (Å²) >= 11 is 4.96. The first-order valence-electron chi connectivity index (χ1n) is 7.60. The van der Waals surface area contributed by atoms with Crippen molar-refractivity contribution in [3.05, 3.63) is 35.1 Å². The highest BCUT2D eigenvalue weighted by Crippen LogP contribution is 2.26. The SMILES string of the molecule is CC1CN2CCCC2CN1Cc1cc(F)cc(C(N)=S)c1. The molecule has 0 aliphatic carbocycles. The molecule has 2 aliphatic heterocycles. The fourth-order valence-corrected chi connectivity index (χ4v) is 3.70. The molecule has 0 radical (unpaired) electrons. The topological polar surface area (TPSA) is 32.5 Å². The minimum atomic E-state index is -0.262. The molecule has 5 heteroatoms. The highest BCUT2D eigenvalue weighted by molar-refractivity contribution is 7.80. The molecule has 3 nitrogen and oxygen atoms in total. The standard InChI is InChI=1S/C16H22FN3S/c1-11-8-19-4-2-3-15(19)10-20(11)9-12-5-13(16(18)21)7-14(17)6-12/h5-7,11,15H,2-4,8-10H2,1H3,(H2,18,21). The summed E-state index contributed by atoms with van der Waals surface area (Å²) in [6.45, 7) is 6.43. The van der Waals surface area contributed by atoms with Gasteiger partial charge in [0.05, 0.1) is 0 Å². The van der Waals surface area contributed by atoms with Gasteiger partial charge in [-0.3, -0.25) is 9.80 Å². The largest absolute Gasteiger partial charge is 0.389 e. The molecule has 2 saturated heterocycles. The Balaban J connectivity index is 1.75. The number of hydrogen-bond acceptors (Lipinski definition) is 3. The number of halogens is 1. The number of fused-ring (bicyclic) bond motifs is 1. The van der Waals surface area contributed by atoms with E-state index in [0.717, 1.165) is 25.2 Å². The van der Waals surface area contributed by atoms with E-state index in [4.69, 9.17) is 18.0 Å². The van der Waals surface area contributed by atoms with Gasteiger partial charge in [-0.15, -0.1) is 0 Å². The summed E-state index contributed by atoms with van der Waals surface area (Å²) in [6.07, 6.45) is 2.58. The normalized spacial score (nSPS) is 26.8. The van der Waals surface area contributed by atoms with Crippen molar-refractivity contribution in [3.63, 3.8) is 0 Å². The molecule has 2 aliphatic rings. The highest BCUT2D eigenvalue weighted by Gasteiger charge is 2.34. The van der Waals surface area contributed by atoms with E-state index >= 15 is 0 Å². The molecule has 0 saturated carbocycles. The monoisotopic (exact) mass is 307 g/mol. The van der Waals surface area contributed by atoms with Crippen LogP contribution >= 0.6 is 12.2 Å². The maximum absolute atomic E-state index is 13.7. The molecule has 2 heterocycles. The molecular formula is C16H22FN3S. The summed E-state index contributed by atoms with van der Waals surface area (Å²) in [6, 6.07) is 6.08. The van der Waals surface area contributed by atoms with Crippen molar-refractivity contribution in [2.45, 2.75) is 38.4 Å². The molecule has 2 unspecified atom stereocenters. The third-order valence-corrected chi connectivity index (χ3v) is 4.93. The Labute approximate surface area is 130 Å². The predicted molar refractivity (Wildman–Crippen MR) is 86.8 cm³/mol. The predicted octanol–water partition coefficient (Wildman–Crippen LogP) is 2.13. The Morgan fingerprint density at radius 3 is 2.95 bits per heavy atom. The van der Waals surface area contributed by atoms with Crippen molar-refractivity contribution in [1.29, 1.82) is 0 Å². The van der Waals surface area contributed by atoms with Crippen LogP contribution in [0.15, 0.2) is 18.2 Å². The molecule has 2 atom stereocenters. The molecule has 2 fully saturated rings. The van der Waals surface area contributed by atoms with E-state index in [1.807, 2.05) is 6.07 Å². The third-order valence-electron chi connectivity index (χ3n) is 4.69. The number of rotatable bonds is 3. The molecule has 3 rings (SSSR count). The molecule has 21 heavy (non-hydrogen) atoms. The number of thiocarbonyl (C=S) groups is 1. The van der Waals surface area contributed by atoms with Crippen LogP contribution in [0.1, 0.15) is 30.9 Å². The van der Waals surface area contributed by atoms with Crippen LogP contribution in [0.25, 0.3) is 0 Å². The Kier molecular flexibility index (Phi) is 4.24. The third kappa shape index (κ3) is 3.25. The van der Waals surface area contributed by atoms with Gasteiger partial charge in [0.25, 0.3) is 0 Å². The van der Waals surface area contributed by atoms with E-state index in [0.29, 0.717) is 17.6 Å². The summed E-state index contributed by atoms with van der Waals surface area (Å²) in [4.78, 5) is 5.29. The molecular weight excluding hydrogens is 285 g/mol. The molecule has 1 aromatic carbocycles. The average Bonchev–Trinajstić information content (AvgIpc) is 2.85. The zero-order valence-electron chi connectivity index (χ0n) is 12.4. The van der Waals surface area contributed by atoms with Gasteiger partial charge in [0, 0.05) is 37.3 Å². The minimum absolute atomic E-state index is 0.254. The maximum Gasteiger partial charge on any atom is 0.124 e. The van der Waals surface area contributed by atoms with E-state index in [-0.39, 0.29) is 10.8 Å². The van der Waals surface area contributed by atoms with Crippen molar-refractivity contribution < 1.29 is 4.39 Å². The van der Waals surface area contributed by atoms with Crippen LogP contribution in [0.2, 0.25) is 0 Å². The molecule has 0 bridgehead atoms. The Morgan fingerprint density at radius 1 is 1.38 bits per heavy atom. The van der Waals surface area contributed by atoms with E-state index < -0.39 is 0 Å². The van der Waals surface area contributed by atoms with Crippen LogP contribution in [0.5, 0.6) is 0 Å². The van der Waals surface area contributed by atoms with Crippen LogP contribution in [-0.4, -0.2) is 46.5 Å². The van der Waals surface area contributed by atoms with Crippen molar-refractivity contribution in [3.8, 4) is 0 Å². The van der Waals surface area contributed by atoms with Crippen LogP contribution in [0.4, 0.5) is 4.39 Å². The lowest BCUT2D eigenvalue weighted by Gasteiger charge is -2.42. The Morgan fingerprint density at radius 2 is 2.19 bits per heavy atom. The molecule has 0 amide bonds. The van der Waals surface area contributed by atoms with Gasteiger partial charge in [0.15, 0.2) is 0 Å². The summed E-state index contributed by atoms with van der Waals surface area (Å²) in [7, 11) is 0. The molecule has 1 aromatic rings. The lowest BCUT2D eigenvalue weighted by molar-refractivity contribution is 0.0540. The lowest BCUT2D eigenvalue weighted by atomic mass is 10.1. The summed E-state index contributed by atoms with van der Waals surface area (Å²) in [5, 5.41) is 0. The summed E-state index contributed by atoms with van der Waals surface area (Å²) < 4.78 is 13.7. The van der Waals surface area contributed by atoms with Crippen LogP contribution < -0.4 is 5.73 Å². The number of nitrogens with zero attached hydrogens (tertiary/aromatic N) is 2. The van der Waals surface area contributed by atoms with Crippen LogP contribution in [0, 0.1) is 5.82 Å². The fourth-order valence-electron chi connectivity index (χ4n) is 3.59. The van der Waals surface area contributed by atoms with E-state index in [2.05, 4.69) is 16.7 Å². The van der Waals surface area contributed by atoms with Crippen molar-refractivity contribution in [1.82, 2.24) is 9.80 Å². The molecule has 2 N–H and O–H groups in total. The minimum Gasteiger partial charge on any atom is -0.389 e. The second kappa shape index (κ2) is 5.99. The van der Waals surface area contributed by atoms with Gasteiger partial charge in [-0.25, -0.2) is 4.39 Å². The van der Waals surface area contributed by atoms with Gasteiger partial charge in [-0.05, 0) is 50.1 Å². The first kappa shape index (κ1) is 14.9. The quantitative estimate of drug-likeness (QED) is 0.867. The number of piperazine rings is 1. The van der Waals surface area contributed by atoms with Crippen molar-refractivity contribution >= 4 is 17.2 Å². The first-order chi connectivity index (χ1) is 10.0. The molecule has 0 spiro atoms. The van der Waals surface area contributed by atoms with Crippen LogP contribution in [0.3, 0.4) is 0 Å². The smallest absolute Gasteiger partial charge is 0.124 e. The second-order valence-corrected chi connectivity index (χ2v) is 6.72. The number of nitrogens with two attached hydrogens (primary N) is 1. The van der Waals surface area contributed by atoms with Gasteiger partial charge >= 0.3 is 0 Å². The molecule has 0 aromatic heterocycles. The van der Waals surface area contributed by atoms with Gasteiger partial charge in [0.1, 0.15) is 10.8 Å². The summed E-state index contributed by atoms with van der Waals surface area (Å²) in [5.74, 6) is -0.262. The van der Waals surface area contributed by atoms with Gasteiger partial charge < -0.3 is 5.73 Å². The maximum atomic E-state index is 13.7. The number of benzene rings is 1. The fraction of sp³-hybridized carbons (Fsp3) is 0.562. The first-order valence-corrected chi connectivity index (χ1v) is 8.01. The van der Waals surface area contributed by atoms with Gasteiger partial charge in [0.2, 0.25) is 0 Å². The lowest BCUT2D eigenvalue weighted by Crippen LogP contribution is -2.54. The second-order valence-electron chi connectivity index (χ2n) is 6.28. The average molecular weight is 307 g/mol. The molecule has 114 valence electrons. The summed E-state index contributed by atoms with van der Waals surface area (Å²) in [5.41, 5.74) is 7.20. The van der Waals surface area contributed by atoms with E-state index in [9.17, 15) is 4.39 Å². The Bertz CT molecular complexity index is 548. The van der Waals surface area contributed by atoms with E-state index in [1.165, 1.54) is 25.5 Å². The zero-order valence-corrected chi connectivity index (χ0v) is 13.2. The Hall–Kier alpha value is -1.04. The number of hydrogen-bond donors (Lipinski definition) is 1. The van der Waals surface area contributed by atoms with Crippen LogP contribution in [-0.2, 0) is 6.54 Å². The van der Waals surface area contributed by atoms with Gasteiger partial charge in [-0.1, -0.05) is 12.2 Å². The highest BCUT2D eigenvalue weighted by atomic mass is 32.1. The van der Waals surface area contributed by atoms with Crippen molar-refractivity contribution in [2.24, 2.45) is 5.73 Å².